The van der Waals surface area contributed by atoms with Crippen molar-refractivity contribution in [2.75, 3.05) is 11.9 Å². The molecule has 0 aliphatic carbocycles. The number of nitrogens with one attached hydrogen (secondary N) is 1. The van der Waals surface area contributed by atoms with E-state index in [4.69, 9.17) is 0 Å². The van der Waals surface area contributed by atoms with Crippen molar-refractivity contribution in [3.05, 3.63) is 18.1 Å². The van der Waals surface area contributed by atoms with E-state index in [-0.39, 0.29) is 0 Å². The number of aryl methyl sites for hydroxylation is 3. The van der Waals surface area contributed by atoms with E-state index in [0.29, 0.717) is 0 Å². The number of fused-ring (bicyclic) bond motifs is 1. The van der Waals surface area contributed by atoms with E-state index in [9.17, 15) is 0 Å². The molecule has 0 radical (unpaired) electrons. The average molecular weight is 277 g/mol. The summed E-state index contributed by atoms with van der Waals surface area (Å²) in [5.41, 5.74) is 1.98. The summed E-state index contributed by atoms with van der Waals surface area (Å²) >= 11 is 1.65. The summed E-state index contributed by atoms with van der Waals surface area (Å²) in [6.45, 7) is 3.74. The van der Waals surface area contributed by atoms with Crippen LogP contribution in [-0.2, 0) is 13.6 Å². The van der Waals surface area contributed by atoms with Gasteiger partial charge in [0.05, 0.1) is 16.6 Å². The van der Waals surface area contributed by atoms with Crippen molar-refractivity contribution in [2.24, 2.45) is 7.05 Å². The van der Waals surface area contributed by atoms with Crippen molar-refractivity contribution in [1.29, 1.82) is 0 Å². The van der Waals surface area contributed by atoms with E-state index >= 15 is 0 Å². The summed E-state index contributed by atoms with van der Waals surface area (Å²) in [5, 5.41) is 16.3. The number of hydrogen-bond donors (Lipinski definition) is 1. The molecule has 1 N–H and O–H groups in total. The molecule has 19 heavy (non-hydrogen) atoms. The molecule has 0 atom stereocenters. The van der Waals surface area contributed by atoms with Crippen molar-refractivity contribution >= 4 is 26.8 Å². The highest BCUT2D eigenvalue weighted by atomic mass is 32.1. The second-order valence-electron chi connectivity index (χ2n) is 4.33. The van der Waals surface area contributed by atoms with Crippen molar-refractivity contribution in [2.45, 2.75) is 19.9 Å². The van der Waals surface area contributed by atoms with Crippen LogP contribution in [-0.4, -0.2) is 36.3 Å². The minimum absolute atomic E-state index is 0.860. The van der Waals surface area contributed by atoms with Gasteiger partial charge >= 0.3 is 0 Å². The highest BCUT2D eigenvalue weighted by Crippen LogP contribution is 2.27. The maximum Gasteiger partial charge on any atom is 0.185 e. The molecule has 0 fully saturated rings. The van der Waals surface area contributed by atoms with Gasteiger partial charge in [0.15, 0.2) is 10.8 Å². The van der Waals surface area contributed by atoms with Gasteiger partial charge in [0.2, 0.25) is 0 Å². The first-order valence-electron chi connectivity index (χ1n) is 6.12. The monoisotopic (exact) mass is 277 g/mol. The molecule has 100 valence electrons. The number of anilines is 1. The lowest BCUT2D eigenvalue weighted by atomic mass is 10.4. The lowest BCUT2D eigenvalue weighted by molar-refractivity contribution is 0.570. The summed E-state index contributed by atoms with van der Waals surface area (Å²) < 4.78 is 4.80. The molecular weight excluding hydrogens is 262 g/mol. The quantitative estimate of drug-likeness (QED) is 0.714. The second-order valence-corrected chi connectivity index (χ2v) is 5.33. The number of aromatic nitrogens is 6. The lowest BCUT2D eigenvalue weighted by Crippen LogP contribution is -2.07. The van der Waals surface area contributed by atoms with Gasteiger partial charge in [0.1, 0.15) is 0 Å². The van der Waals surface area contributed by atoms with Crippen molar-refractivity contribution in [1.82, 2.24) is 29.8 Å². The molecule has 0 spiro atoms. The molecule has 3 rings (SSSR count). The summed E-state index contributed by atoms with van der Waals surface area (Å²) in [5.74, 6) is 0. The highest BCUT2D eigenvalue weighted by molar-refractivity contribution is 7.22. The van der Waals surface area contributed by atoms with Crippen LogP contribution in [0.5, 0.6) is 0 Å². The first kappa shape index (κ1) is 12.1. The van der Waals surface area contributed by atoms with Gasteiger partial charge in [-0.05, 0) is 13.3 Å². The molecular formula is C11H15N7S. The largest absolute Gasteiger partial charge is 0.361 e. The highest BCUT2D eigenvalue weighted by Gasteiger charge is 2.11. The van der Waals surface area contributed by atoms with Crippen LogP contribution in [0.3, 0.4) is 0 Å². The van der Waals surface area contributed by atoms with Crippen molar-refractivity contribution in [3.63, 3.8) is 0 Å². The molecule has 3 heterocycles. The van der Waals surface area contributed by atoms with Crippen molar-refractivity contribution in [3.8, 4) is 0 Å². The first-order valence-corrected chi connectivity index (χ1v) is 6.94. The topological polar surface area (TPSA) is 73.5 Å². The minimum Gasteiger partial charge on any atom is -0.361 e. The molecule has 3 aromatic rings. The number of thiazole rings is 1. The summed E-state index contributed by atoms with van der Waals surface area (Å²) in [6.07, 6.45) is 4.54. The van der Waals surface area contributed by atoms with Gasteiger partial charge in [0.25, 0.3) is 0 Å². The third-order valence-corrected chi connectivity index (χ3v) is 3.97. The van der Waals surface area contributed by atoms with Gasteiger partial charge in [-0.25, -0.2) is 9.67 Å². The fourth-order valence-corrected chi connectivity index (χ4v) is 2.91. The van der Waals surface area contributed by atoms with Crippen LogP contribution in [0.25, 0.3) is 10.3 Å². The predicted octanol–water partition coefficient (Wildman–Crippen LogP) is 1.43. The van der Waals surface area contributed by atoms with Crippen LogP contribution in [0, 0.1) is 6.92 Å². The Hall–Kier alpha value is -1.96. The van der Waals surface area contributed by atoms with E-state index in [1.807, 2.05) is 29.5 Å². The average Bonchev–Trinajstić information content (AvgIpc) is 3.07. The SMILES string of the molecule is Cc1nn(C)c2nc(NCCCn3ccnn3)sc12. The van der Waals surface area contributed by atoms with E-state index in [1.165, 1.54) is 0 Å². The Morgan fingerprint density at radius 3 is 3.05 bits per heavy atom. The number of nitrogens with zero attached hydrogens (tertiary/aromatic N) is 6. The number of rotatable bonds is 5. The van der Waals surface area contributed by atoms with Gasteiger partial charge in [0, 0.05) is 26.3 Å². The zero-order valence-electron chi connectivity index (χ0n) is 10.9. The maximum absolute atomic E-state index is 4.54. The van der Waals surface area contributed by atoms with Gasteiger partial charge < -0.3 is 5.32 Å². The molecule has 0 unspecified atom stereocenters. The summed E-state index contributed by atoms with van der Waals surface area (Å²) in [7, 11) is 1.92. The van der Waals surface area contributed by atoms with Crippen LogP contribution < -0.4 is 5.32 Å². The molecule has 0 aliphatic rings. The van der Waals surface area contributed by atoms with Crippen LogP contribution in [0.2, 0.25) is 0 Å². The predicted molar refractivity (Wildman–Crippen MR) is 74.3 cm³/mol. The van der Waals surface area contributed by atoms with Gasteiger partial charge in [-0.1, -0.05) is 16.6 Å². The molecule has 7 nitrogen and oxygen atoms in total. The zero-order chi connectivity index (χ0) is 13.2. The Bertz CT molecular complexity index is 632. The van der Waals surface area contributed by atoms with Crippen LogP contribution >= 0.6 is 11.3 Å². The third-order valence-electron chi connectivity index (χ3n) is 2.86. The Kier molecular flexibility index (Phi) is 3.16. The molecule has 0 bridgehead atoms. The van der Waals surface area contributed by atoms with E-state index in [0.717, 1.165) is 40.7 Å². The fourth-order valence-electron chi connectivity index (χ4n) is 1.95. The Balaban J connectivity index is 1.58. The lowest BCUT2D eigenvalue weighted by Gasteiger charge is -2.02. The standard InChI is InChI=1S/C11H15N7S/c1-8-9-10(17(2)15-8)14-11(19-9)12-4-3-6-18-7-5-13-16-18/h5,7H,3-4,6H2,1-2H3,(H,12,14). The zero-order valence-corrected chi connectivity index (χ0v) is 11.7. The smallest absolute Gasteiger partial charge is 0.185 e. The van der Waals surface area contributed by atoms with E-state index < -0.39 is 0 Å². The molecule has 3 aromatic heterocycles. The summed E-state index contributed by atoms with van der Waals surface area (Å²) in [6, 6.07) is 0. The second kappa shape index (κ2) is 4.96. The minimum atomic E-state index is 0.860. The normalized spacial score (nSPS) is 11.3. The third kappa shape index (κ3) is 2.43. The molecule has 0 aromatic carbocycles. The molecule has 8 heteroatoms. The van der Waals surface area contributed by atoms with E-state index in [2.05, 4.69) is 25.7 Å². The summed E-state index contributed by atoms with van der Waals surface area (Å²) in [4.78, 5) is 4.54. The maximum atomic E-state index is 4.54. The Labute approximate surface area is 114 Å². The number of hydrogen-bond acceptors (Lipinski definition) is 6. The van der Waals surface area contributed by atoms with Gasteiger partial charge in [-0.3, -0.25) is 4.68 Å². The molecule has 0 saturated carbocycles. The molecule has 0 saturated heterocycles. The Morgan fingerprint density at radius 1 is 1.42 bits per heavy atom. The Morgan fingerprint density at radius 2 is 2.32 bits per heavy atom. The van der Waals surface area contributed by atoms with Crippen molar-refractivity contribution < 1.29 is 0 Å². The van der Waals surface area contributed by atoms with Crippen LogP contribution in [0.4, 0.5) is 5.13 Å². The van der Waals surface area contributed by atoms with Gasteiger partial charge in [-0.2, -0.15) is 5.10 Å². The fraction of sp³-hybridized carbons (Fsp3) is 0.455. The molecule has 0 aliphatic heterocycles. The van der Waals surface area contributed by atoms with Gasteiger partial charge in [-0.15, -0.1) is 5.10 Å². The first-order chi connectivity index (χ1) is 9.24. The van der Waals surface area contributed by atoms with Crippen LogP contribution in [0.15, 0.2) is 12.4 Å². The van der Waals surface area contributed by atoms with E-state index in [1.54, 1.807) is 17.5 Å². The molecule has 0 amide bonds. The van der Waals surface area contributed by atoms with Crippen LogP contribution in [0.1, 0.15) is 12.1 Å².